The smallest absolute Gasteiger partial charge is 0.124 e. The summed E-state index contributed by atoms with van der Waals surface area (Å²) >= 11 is 3.32. The summed E-state index contributed by atoms with van der Waals surface area (Å²) in [6.45, 7) is 0.771. The molecule has 1 N–H and O–H groups in total. The fourth-order valence-corrected chi connectivity index (χ4v) is 2.04. The number of hydrogen-bond acceptors (Lipinski definition) is 1. The minimum atomic E-state index is -1.06. The van der Waals surface area contributed by atoms with Gasteiger partial charge in [-0.25, -0.2) is 8.93 Å². The molecule has 72 valence electrons. The summed E-state index contributed by atoms with van der Waals surface area (Å²) in [5.74, 6) is 0. The minimum absolute atomic E-state index is 0.771. The van der Waals surface area contributed by atoms with Gasteiger partial charge in [0.1, 0.15) is 11.0 Å². The summed E-state index contributed by atoms with van der Waals surface area (Å²) < 4.78 is 14.4. The highest BCUT2D eigenvalue weighted by Crippen LogP contribution is 2.02. The van der Waals surface area contributed by atoms with Crippen molar-refractivity contribution in [2.75, 3.05) is 11.9 Å². The molecule has 2 nitrogen and oxygen atoms in total. The van der Waals surface area contributed by atoms with Crippen LogP contribution in [-0.2, 0) is 11.0 Å². The van der Waals surface area contributed by atoms with Crippen LogP contribution in [-0.4, -0.2) is 16.1 Å². The molecule has 0 radical (unpaired) electrons. The van der Waals surface area contributed by atoms with Crippen LogP contribution in [0.15, 0.2) is 35.2 Å². The van der Waals surface area contributed by atoms with Crippen LogP contribution in [0.5, 0.6) is 0 Å². The van der Waals surface area contributed by atoms with E-state index in [4.69, 9.17) is 0 Å². The molecule has 0 aliphatic rings. The Balaban J connectivity index is 2.40. The van der Waals surface area contributed by atoms with Gasteiger partial charge in [0.15, 0.2) is 0 Å². The Hall–Kier alpha value is -0.190. The first kappa shape index (κ1) is 10.9. The number of benzene rings is 1. The van der Waals surface area contributed by atoms with Crippen LogP contribution in [0.3, 0.4) is 0 Å². The van der Waals surface area contributed by atoms with Crippen LogP contribution in [0.4, 0.5) is 0 Å². The SMILES string of the molecule is O=S(NCCCBr)c1ccccc1. The monoisotopic (exact) mass is 261 g/mol. The Morgan fingerprint density at radius 3 is 2.62 bits per heavy atom. The zero-order chi connectivity index (χ0) is 9.52. The third-order valence-electron chi connectivity index (χ3n) is 1.50. The average Bonchev–Trinajstić information content (AvgIpc) is 2.19. The Kier molecular flexibility index (Phi) is 5.27. The molecule has 0 fully saturated rings. The quantitative estimate of drug-likeness (QED) is 0.639. The van der Waals surface area contributed by atoms with E-state index in [1.807, 2.05) is 30.3 Å². The van der Waals surface area contributed by atoms with E-state index in [2.05, 4.69) is 20.7 Å². The van der Waals surface area contributed by atoms with Gasteiger partial charge in [-0.15, -0.1) is 0 Å². The lowest BCUT2D eigenvalue weighted by Gasteiger charge is -2.02. The molecule has 0 saturated carbocycles. The number of hydrogen-bond donors (Lipinski definition) is 1. The first-order chi connectivity index (χ1) is 6.34. The van der Waals surface area contributed by atoms with Crippen molar-refractivity contribution in [3.05, 3.63) is 30.3 Å². The van der Waals surface area contributed by atoms with E-state index < -0.39 is 11.0 Å². The highest BCUT2D eigenvalue weighted by atomic mass is 79.9. The first-order valence-corrected chi connectivity index (χ1v) is 6.38. The summed E-state index contributed by atoms with van der Waals surface area (Å²) in [5, 5.41) is 0.936. The van der Waals surface area contributed by atoms with Gasteiger partial charge in [0, 0.05) is 11.9 Å². The number of nitrogens with one attached hydrogen (secondary N) is 1. The van der Waals surface area contributed by atoms with Gasteiger partial charge in [0.2, 0.25) is 0 Å². The average molecular weight is 262 g/mol. The van der Waals surface area contributed by atoms with E-state index in [-0.39, 0.29) is 0 Å². The zero-order valence-corrected chi connectivity index (χ0v) is 9.61. The molecular weight excluding hydrogens is 250 g/mol. The molecule has 1 aromatic rings. The molecule has 0 aliphatic heterocycles. The van der Waals surface area contributed by atoms with Crippen LogP contribution in [0.1, 0.15) is 6.42 Å². The molecule has 4 heteroatoms. The maximum absolute atomic E-state index is 11.5. The molecule has 1 rings (SSSR count). The zero-order valence-electron chi connectivity index (χ0n) is 7.20. The van der Waals surface area contributed by atoms with E-state index >= 15 is 0 Å². The molecule has 0 bridgehead atoms. The second kappa shape index (κ2) is 6.29. The molecule has 0 saturated heterocycles. The second-order valence-electron chi connectivity index (χ2n) is 2.52. The van der Waals surface area contributed by atoms with Crippen LogP contribution in [0.25, 0.3) is 0 Å². The lowest BCUT2D eigenvalue weighted by Crippen LogP contribution is -2.18. The third kappa shape index (κ3) is 4.02. The van der Waals surface area contributed by atoms with Gasteiger partial charge in [-0.2, -0.15) is 0 Å². The largest absolute Gasteiger partial charge is 0.238 e. The van der Waals surface area contributed by atoms with Gasteiger partial charge in [-0.3, -0.25) is 0 Å². The standard InChI is InChI=1S/C9H12BrNOS/c10-7-4-8-11-13(12)9-5-2-1-3-6-9/h1-3,5-6,11H,4,7-8H2. The van der Waals surface area contributed by atoms with Gasteiger partial charge < -0.3 is 0 Å². The van der Waals surface area contributed by atoms with Crippen molar-refractivity contribution in [3.8, 4) is 0 Å². The first-order valence-electron chi connectivity index (χ1n) is 4.11. The molecule has 0 amide bonds. The van der Waals surface area contributed by atoms with E-state index in [0.29, 0.717) is 0 Å². The Morgan fingerprint density at radius 1 is 1.31 bits per heavy atom. The van der Waals surface area contributed by atoms with Crippen molar-refractivity contribution in [3.63, 3.8) is 0 Å². The molecule has 13 heavy (non-hydrogen) atoms. The Bertz CT molecular complexity index is 266. The molecule has 0 spiro atoms. The summed E-state index contributed by atoms with van der Waals surface area (Å²) in [6.07, 6.45) is 0.985. The maximum atomic E-state index is 11.5. The van der Waals surface area contributed by atoms with E-state index in [1.54, 1.807) is 0 Å². The second-order valence-corrected chi connectivity index (χ2v) is 4.61. The predicted molar refractivity (Wildman–Crippen MR) is 59.3 cm³/mol. The molecule has 1 unspecified atom stereocenters. The van der Waals surface area contributed by atoms with E-state index in [9.17, 15) is 4.21 Å². The highest BCUT2D eigenvalue weighted by Gasteiger charge is 1.99. The summed E-state index contributed by atoms with van der Waals surface area (Å²) in [4.78, 5) is 0.831. The van der Waals surface area contributed by atoms with Gasteiger partial charge in [0.05, 0.1) is 4.90 Å². The van der Waals surface area contributed by atoms with Crippen molar-refractivity contribution >= 4 is 26.9 Å². The summed E-state index contributed by atoms with van der Waals surface area (Å²) in [6, 6.07) is 9.41. The maximum Gasteiger partial charge on any atom is 0.124 e. The fraction of sp³-hybridized carbons (Fsp3) is 0.333. The molecule has 1 atom stereocenters. The molecule has 1 aromatic carbocycles. The van der Waals surface area contributed by atoms with Gasteiger partial charge in [-0.1, -0.05) is 34.1 Å². The minimum Gasteiger partial charge on any atom is -0.238 e. The van der Waals surface area contributed by atoms with Crippen LogP contribution in [0.2, 0.25) is 0 Å². The van der Waals surface area contributed by atoms with Crippen LogP contribution < -0.4 is 4.72 Å². The number of alkyl halides is 1. The van der Waals surface area contributed by atoms with Crippen molar-refractivity contribution in [1.82, 2.24) is 4.72 Å². The summed E-state index contributed by atoms with van der Waals surface area (Å²) in [5.41, 5.74) is 0. The highest BCUT2D eigenvalue weighted by molar-refractivity contribution is 9.09. The van der Waals surface area contributed by atoms with Crippen molar-refractivity contribution in [1.29, 1.82) is 0 Å². The van der Waals surface area contributed by atoms with Gasteiger partial charge >= 0.3 is 0 Å². The molecule has 0 aliphatic carbocycles. The van der Waals surface area contributed by atoms with Crippen molar-refractivity contribution in [2.45, 2.75) is 11.3 Å². The van der Waals surface area contributed by atoms with Gasteiger partial charge in [-0.05, 0) is 18.6 Å². The van der Waals surface area contributed by atoms with E-state index in [0.717, 1.165) is 23.2 Å². The predicted octanol–water partition coefficient (Wildman–Crippen LogP) is 2.08. The summed E-state index contributed by atoms with van der Waals surface area (Å²) in [7, 11) is -1.06. The third-order valence-corrected chi connectivity index (χ3v) is 3.23. The normalized spacial score (nSPS) is 12.7. The lowest BCUT2D eigenvalue weighted by molar-refractivity contribution is 0.671. The topological polar surface area (TPSA) is 29.1 Å². The fourth-order valence-electron chi connectivity index (χ4n) is 0.859. The molecule has 0 aromatic heterocycles. The number of rotatable bonds is 5. The van der Waals surface area contributed by atoms with Crippen molar-refractivity contribution in [2.24, 2.45) is 0 Å². The Labute approximate surface area is 89.5 Å². The molecular formula is C9H12BrNOS. The van der Waals surface area contributed by atoms with Crippen LogP contribution in [0, 0.1) is 0 Å². The lowest BCUT2D eigenvalue weighted by atomic mass is 10.4. The van der Waals surface area contributed by atoms with Crippen LogP contribution >= 0.6 is 15.9 Å². The van der Waals surface area contributed by atoms with E-state index in [1.165, 1.54) is 0 Å². The van der Waals surface area contributed by atoms with Crippen molar-refractivity contribution < 1.29 is 4.21 Å². The van der Waals surface area contributed by atoms with Gasteiger partial charge in [0.25, 0.3) is 0 Å². The molecule has 0 heterocycles. The Morgan fingerprint density at radius 2 is 2.00 bits per heavy atom. The number of halogens is 1.